The normalized spacial score (nSPS) is 13.0. The van der Waals surface area contributed by atoms with Crippen LogP contribution in [0.4, 0.5) is 0 Å². The van der Waals surface area contributed by atoms with E-state index in [4.69, 9.17) is 4.74 Å². The third-order valence-corrected chi connectivity index (χ3v) is 3.55. The maximum Gasteiger partial charge on any atom is 0.357 e. The van der Waals surface area contributed by atoms with Crippen LogP contribution in [0.5, 0.6) is 0 Å². The lowest BCUT2D eigenvalue weighted by Gasteiger charge is -2.09. The molecule has 0 aliphatic carbocycles. The molecule has 6 nitrogen and oxygen atoms in total. The smallest absolute Gasteiger partial charge is 0.357 e. The Morgan fingerprint density at radius 3 is 3.00 bits per heavy atom. The second kappa shape index (κ2) is 5.57. The summed E-state index contributed by atoms with van der Waals surface area (Å²) < 4.78 is 4.83. The van der Waals surface area contributed by atoms with Crippen molar-refractivity contribution in [1.29, 1.82) is 0 Å². The maximum atomic E-state index is 12.0. The lowest BCUT2D eigenvalue weighted by Crippen LogP contribution is -2.12. The Morgan fingerprint density at radius 2 is 2.24 bits per heavy atom. The highest BCUT2D eigenvalue weighted by molar-refractivity contribution is 5.89. The Labute approximate surface area is 122 Å². The summed E-state index contributed by atoms with van der Waals surface area (Å²) in [6.45, 7) is 3.27. The second-order valence-electron chi connectivity index (χ2n) is 4.78. The number of nitrogens with one attached hydrogen (secondary N) is 1. The summed E-state index contributed by atoms with van der Waals surface area (Å²) in [4.78, 5) is 25.3. The summed E-state index contributed by atoms with van der Waals surface area (Å²) in [5, 5.41) is 3.18. The zero-order valence-electron chi connectivity index (χ0n) is 12.0. The number of esters is 1. The number of fused-ring (bicyclic) bond motifs is 1. The Hall–Kier alpha value is -2.34. The minimum atomic E-state index is -0.437. The lowest BCUT2D eigenvalue weighted by atomic mass is 10.1. The van der Waals surface area contributed by atoms with Crippen LogP contribution in [0.25, 0.3) is 11.5 Å². The van der Waals surface area contributed by atoms with Crippen LogP contribution >= 0.6 is 0 Å². The van der Waals surface area contributed by atoms with E-state index in [1.807, 2.05) is 12.1 Å². The Morgan fingerprint density at radius 1 is 1.38 bits per heavy atom. The summed E-state index contributed by atoms with van der Waals surface area (Å²) in [5.74, 6) is 0.0443. The highest BCUT2D eigenvalue weighted by atomic mass is 16.5. The van der Waals surface area contributed by atoms with Crippen molar-refractivity contribution < 1.29 is 9.53 Å². The van der Waals surface area contributed by atoms with Gasteiger partial charge in [-0.05, 0) is 18.1 Å². The number of hydrogen-bond donors (Lipinski definition) is 1. The van der Waals surface area contributed by atoms with Crippen molar-refractivity contribution in [3.05, 3.63) is 40.8 Å². The highest BCUT2D eigenvalue weighted by Crippen LogP contribution is 2.24. The number of carbonyl (C=O) groups is 1. The molecule has 3 heterocycles. The van der Waals surface area contributed by atoms with Gasteiger partial charge in [0.2, 0.25) is 0 Å². The van der Waals surface area contributed by atoms with Gasteiger partial charge in [0.15, 0.2) is 11.5 Å². The van der Waals surface area contributed by atoms with Gasteiger partial charge in [-0.25, -0.2) is 14.8 Å². The monoisotopic (exact) mass is 284 g/mol. The van der Waals surface area contributed by atoms with Crippen LogP contribution in [0.3, 0.4) is 0 Å². The predicted octanol–water partition coefficient (Wildman–Crippen LogP) is 1.49. The number of rotatable bonds is 3. The van der Waals surface area contributed by atoms with Crippen LogP contribution in [0.15, 0.2) is 18.3 Å². The van der Waals surface area contributed by atoms with E-state index in [9.17, 15) is 4.79 Å². The first-order valence-corrected chi connectivity index (χ1v) is 6.87. The SMILES string of the molecule is CCc1cccnc1-c1nc2c(c(C(=O)OC)n1)CNC2. The first kappa shape index (κ1) is 13.6. The molecule has 0 bridgehead atoms. The van der Waals surface area contributed by atoms with Crippen molar-refractivity contribution in [2.24, 2.45) is 0 Å². The fourth-order valence-electron chi connectivity index (χ4n) is 2.46. The molecule has 2 aromatic heterocycles. The van der Waals surface area contributed by atoms with Gasteiger partial charge in [0.05, 0.1) is 12.8 Å². The van der Waals surface area contributed by atoms with Crippen molar-refractivity contribution in [3.8, 4) is 11.5 Å². The van der Waals surface area contributed by atoms with Crippen molar-refractivity contribution >= 4 is 5.97 Å². The van der Waals surface area contributed by atoms with Crippen LogP contribution in [0, 0.1) is 0 Å². The van der Waals surface area contributed by atoms with E-state index >= 15 is 0 Å². The van der Waals surface area contributed by atoms with Crippen LogP contribution in [0.2, 0.25) is 0 Å². The van der Waals surface area contributed by atoms with Gasteiger partial charge in [0, 0.05) is 24.8 Å². The minimum absolute atomic E-state index is 0.329. The molecular formula is C15H16N4O2. The average molecular weight is 284 g/mol. The van der Waals surface area contributed by atoms with Gasteiger partial charge < -0.3 is 10.1 Å². The summed E-state index contributed by atoms with van der Waals surface area (Å²) in [7, 11) is 1.36. The van der Waals surface area contributed by atoms with Crippen molar-refractivity contribution in [3.63, 3.8) is 0 Å². The fraction of sp³-hybridized carbons (Fsp3) is 0.333. The molecule has 0 fully saturated rings. The van der Waals surface area contributed by atoms with Gasteiger partial charge in [-0.2, -0.15) is 0 Å². The molecule has 1 N–H and O–H groups in total. The van der Waals surface area contributed by atoms with Crippen molar-refractivity contribution in [2.45, 2.75) is 26.4 Å². The maximum absolute atomic E-state index is 12.0. The Balaban J connectivity index is 2.18. The van der Waals surface area contributed by atoms with Crippen LogP contribution in [0.1, 0.15) is 34.2 Å². The quantitative estimate of drug-likeness (QED) is 0.860. The third kappa shape index (κ3) is 2.38. The highest BCUT2D eigenvalue weighted by Gasteiger charge is 2.25. The molecule has 0 saturated carbocycles. The summed E-state index contributed by atoms with van der Waals surface area (Å²) >= 11 is 0. The molecular weight excluding hydrogens is 268 g/mol. The molecule has 3 rings (SSSR count). The number of pyridine rings is 1. The van der Waals surface area contributed by atoms with Crippen LogP contribution in [-0.2, 0) is 24.2 Å². The zero-order valence-corrected chi connectivity index (χ0v) is 12.0. The van der Waals surface area contributed by atoms with Gasteiger partial charge in [-0.15, -0.1) is 0 Å². The molecule has 1 aliphatic rings. The molecule has 6 heteroatoms. The molecule has 21 heavy (non-hydrogen) atoms. The molecule has 0 saturated heterocycles. The number of aromatic nitrogens is 3. The van der Waals surface area contributed by atoms with E-state index in [0.717, 1.165) is 28.9 Å². The van der Waals surface area contributed by atoms with E-state index < -0.39 is 5.97 Å². The number of ether oxygens (including phenoxy) is 1. The van der Waals surface area contributed by atoms with Gasteiger partial charge in [-0.1, -0.05) is 13.0 Å². The summed E-state index contributed by atoms with van der Waals surface area (Å²) in [6.07, 6.45) is 2.54. The van der Waals surface area contributed by atoms with E-state index in [0.29, 0.717) is 24.6 Å². The molecule has 108 valence electrons. The van der Waals surface area contributed by atoms with Crippen LogP contribution in [-0.4, -0.2) is 28.0 Å². The van der Waals surface area contributed by atoms with Gasteiger partial charge >= 0.3 is 5.97 Å². The topological polar surface area (TPSA) is 77.0 Å². The molecule has 0 radical (unpaired) electrons. The fourth-order valence-corrected chi connectivity index (χ4v) is 2.46. The first-order chi connectivity index (χ1) is 10.2. The Kier molecular flexibility index (Phi) is 3.62. The van der Waals surface area contributed by atoms with E-state index in [1.54, 1.807) is 6.20 Å². The molecule has 0 amide bonds. The lowest BCUT2D eigenvalue weighted by molar-refractivity contribution is 0.0592. The number of nitrogens with zero attached hydrogens (tertiary/aromatic N) is 3. The molecule has 0 aromatic carbocycles. The largest absolute Gasteiger partial charge is 0.464 e. The second-order valence-corrected chi connectivity index (χ2v) is 4.78. The summed E-state index contributed by atoms with van der Waals surface area (Å²) in [6, 6.07) is 3.88. The Bertz CT molecular complexity index is 700. The standard InChI is InChI=1S/C15H16N4O2/c1-3-9-5-4-6-17-12(9)14-18-11-8-16-7-10(11)13(19-14)15(20)21-2/h4-6,16H,3,7-8H2,1-2H3. The average Bonchev–Trinajstić information content (AvgIpc) is 3.01. The molecule has 0 unspecified atom stereocenters. The van der Waals surface area contributed by atoms with E-state index in [2.05, 4.69) is 27.2 Å². The summed E-state index contributed by atoms with van der Waals surface area (Å²) in [5.41, 5.74) is 3.77. The van der Waals surface area contributed by atoms with Gasteiger partial charge in [-0.3, -0.25) is 4.98 Å². The molecule has 2 aromatic rings. The van der Waals surface area contributed by atoms with Gasteiger partial charge in [0.25, 0.3) is 0 Å². The zero-order chi connectivity index (χ0) is 14.8. The van der Waals surface area contributed by atoms with Crippen molar-refractivity contribution in [2.75, 3.05) is 7.11 Å². The third-order valence-electron chi connectivity index (χ3n) is 3.55. The molecule has 1 aliphatic heterocycles. The first-order valence-electron chi connectivity index (χ1n) is 6.87. The predicted molar refractivity (Wildman–Crippen MR) is 76.5 cm³/mol. The number of aryl methyl sites for hydroxylation is 1. The molecule has 0 atom stereocenters. The van der Waals surface area contributed by atoms with Gasteiger partial charge in [0.1, 0.15) is 5.69 Å². The van der Waals surface area contributed by atoms with Crippen LogP contribution < -0.4 is 5.32 Å². The van der Waals surface area contributed by atoms with E-state index in [-0.39, 0.29) is 0 Å². The molecule has 0 spiro atoms. The number of carbonyl (C=O) groups excluding carboxylic acids is 1. The minimum Gasteiger partial charge on any atom is -0.464 e. The van der Waals surface area contributed by atoms with Crippen molar-refractivity contribution in [1.82, 2.24) is 20.3 Å². The number of methoxy groups -OCH3 is 1. The number of hydrogen-bond acceptors (Lipinski definition) is 6. The van der Waals surface area contributed by atoms with E-state index in [1.165, 1.54) is 7.11 Å².